The van der Waals surface area contributed by atoms with Gasteiger partial charge in [-0.05, 0) is 89.9 Å². The quantitative estimate of drug-likeness (QED) is 0.0228. The smallest absolute Gasteiger partial charge is 0.335 e. The Morgan fingerprint density at radius 1 is 0.442 bits per heavy atom. The second-order valence-electron chi connectivity index (χ2n) is 20.3. The Balaban J connectivity index is 2.67. The van der Waals surface area contributed by atoms with Crippen molar-refractivity contribution in [2.75, 3.05) is 13.2 Å². The van der Waals surface area contributed by atoms with Crippen molar-refractivity contribution < 1.29 is 58.2 Å². The molecule has 0 radical (unpaired) electrons. The highest BCUT2D eigenvalue weighted by Crippen LogP contribution is 2.26. The van der Waals surface area contributed by atoms with Gasteiger partial charge in [-0.1, -0.05) is 227 Å². The van der Waals surface area contributed by atoms with Gasteiger partial charge < -0.3 is 39.0 Å². The minimum absolute atomic E-state index is 0.0458. The molecule has 438 valence electrons. The van der Waals surface area contributed by atoms with Gasteiger partial charge in [0.25, 0.3) is 0 Å². The highest BCUT2D eigenvalue weighted by molar-refractivity contribution is 5.74. The van der Waals surface area contributed by atoms with E-state index in [1.807, 2.05) is 12.2 Å². The predicted octanol–water partition coefficient (Wildman–Crippen LogP) is 15.7. The summed E-state index contributed by atoms with van der Waals surface area (Å²) in [6, 6.07) is 0. The molecule has 1 rings (SSSR count). The fourth-order valence-electron chi connectivity index (χ4n) is 8.54. The van der Waals surface area contributed by atoms with E-state index in [-0.39, 0.29) is 25.9 Å². The van der Waals surface area contributed by atoms with Crippen LogP contribution in [0.25, 0.3) is 0 Å². The number of carbonyl (C=O) groups excluding carboxylic acids is 3. The van der Waals surface area contributed by atoms with Crippen LogP contribution in [0, 0.1) is 0 Å². The van der Waals surface area contributed by atoms with Gasteiger partial charge in [0.2, 0.25) is 0 Å². The van der Waals surface area contributed by atoms with Crippen molar-refractivity contribution in [2.45, 2.75) is 276 Å². The van der Waals surface area contributed by atoms with E-state index in [1.165, 1.54) is 83.5 Å². The molecule has 6 atom stereocenters. The summed E-state index contributed by atoms with van der Waals surface area (Å²) in [6.45, 7) is 5.76. The zero-order chi connectivity index (χ0) is 56.1. The molecule has 77 heavy (non-hydrogen) atoms. The lowest BCUT2D eigenvalue weighted by Gasteiger charge is -2.40. The summed E-state index contributed by atoms with van der Waals surface area (Å²) < 4.78 is 28.3. The van der Waals surface area contributed by atoms with Crippen LogP contribution in [0.4, 0.5) is 0 Å². The Hall–Kier alpha value is -4.36. The molecule has 12 nitrogen and oxygen atoms in total. The van der Waals surface area contributed by atoms with Crippen LogP contribution in [0.15, 0.2) is 97.2 Å². The number of allylic oxidation sites excluding steroid dienone is 16. The van der Waals surface area contributed by atoms with Gasteiger partial charge in [0.15, 0.2) is 24.6 Å². The van der Waals surface area contributed by atoms with Crippen LogP contribution in [0.3, 0.4) is 0 Å². The van der Waals surface area contributed by atoms with E-state index < -0.39 is 67.3 Å². The van der Waals surface area contributed by atoms with Crippen molar-refractivity contribution in [1.29, 1.82) is 0 Å². The van der Waals surface area contributed by atoms with E-state index in [0.29, 0.717) is 19.3 Å². The molecule has 1 aliphatic rings. The normalized spacial score (nSPS) is 18.7. The minimum Gasteiger partial charge on any atom is -0.479 e. The standard InChI is InChI=1S/C65H106O12/c1-4-7-10-13-16-19-21-23-25-27-29-31-33-35-37-40-42-45-48-51-57(66)73-54-56(75-58(67)52-49-46-43-39-18-15-12-9-6-3)55-74-65-63(61(70)60(69)62(77-65)64(71)72)76-59(68)53-50-47-44-41-38-36-34-32-30-28-26-24-22-20-17-14-11-8-5-2/h7,10,16-17,19-20,23-26,29,31,35,37,42,45,56,60-63,65,69-70H,4-6,8-9,11-15,18,21-22,27-28,30,32-34,36,38-41,43-44,46-55H2,1-3H3,(H,71,72)/b10-7-,19-16-,20-17-,25-23-,26-24-,31-29-,37-35-,45-42-. The molecule has 1 saturated heterocycles. The number of hydrogen-bond donors (Lipinski definition) is 3. The zero-order valence-electron chi connectivity index (χ0n) is 48.2. The Bertz CT molecular complexity index is 1710. The third-order valence-corrected chi connectivity index (χ3v) is 13.2. The SMILES string of the molecule is CC/C=C\C/C=C\C/C=C\C/C=C\C/C=C\C/C=C\CCC(=O)OCC(COC1OC(C(=O)O)C(O)C(O)C1OC(=O)CCCCCCCCCCC/C=C\C/C=C\CCCCC)OC(=O)CCCCCCCCCCC. The van der Waals surface area contributed by atoms with Gasteiger partial charge in [0.05, 0.1) is 6.61 Å². The third-order valence-electron chi connectivity index (χ3n) is 13.2. The van der Waals surface area contributed by atoms with Gasteiger partial charge in [-0.2, -0.15) is 0 Å². The van der Waals surface area contributed by atoms with Crippen molar-refractivity contribution in [3.63, 3.8) is 0 Å². The predicted molar refractivity (Wildman–Crippen MR) is 312 cm³/mol. The fraction of sp³-hybridized carbons (Fsp3) is 0.692. The summed E-state index contributed by atoms with van der Waals surface area (Å²) in [6.07, 6.45) is 56.8. The van der Waals surface area contributed by atoms with Crippen LogP contribution in [0.5, 0.6) is 0 Å². The summed E-state index contributed by atoms with van der Waals surface area (Å²) in [7, 11) is 0. The average Bonchev–Trinajstić information content (AvgIpc) is 3.42. The largest absolute Gasteiger partial charge is 0.479 e. The minimum atomic E-state index is -1.92. The molecule has 0 amide bonds. The molecule has 0 spiro atoms. The molecular formula is C65H106O12. The second-order valence-corrected chi connectivity index (χ2v) is 20.3. The molecule has 0 saturated carbocycles. The summed E-state index contributed by atoms with van der Waals surface area (Å²) >= 11 is 0. The van der Waals surface area contributed by atoms with E-state index in [1.54, 1.807) is 0 Å². The number of carboxylic acids is 1. The lowest BCUT2D eigenvalue weighted by Crippen LogP contribution is -2.61. The number of carboxylic acid groups (broad SMARTS) is 1. The molecule has 0 aromatic rings. The average molecular weight is 1080 g/mol. The van der Waals surface area contributed by atoms with Crippen LogP contribution < -0.4 is 0 Å². The van der Waals surface area contributed by atoms with Crippen LogP contribution in [0.2, 0.25) is 0 Å². The maximum Gasteiger partial charge on any atom is 0.335 e. The number of carbonyl (C=O) groups is 4. The van der Waals surface area contributed by atoms with Crippen LogP contribution in [-0.4, -0.2) is 89.2 Å². The van der Waals surface area contributed by atoms with Crippen molar-refractivity contribution in [1.82, 2.24) is 0 Å². The lowest BCUT2D eigenvalue weighted by atomic mass is 9.98. The molecule has 1 fully saturated rings. The molecule has 0 aromatic heterocycles. The summed E-state index contributed by atoms with van der Waals surface area (Å²) in [4.78, 5) is 51.0. The second kappa shape index (κ2) is 52.3. The number of aliphatic carboxylic acids is 1. The molecule has 0 bridgehead atoms. The van der Waals surface area contributed by atoms with Crippen molar-refractivity contribution in [3.05, 3.63) is 97.2 Å². The third kappa shape index (κ3) is 42.3. The number of esters is 3. The maximum atomic E-state index is 13.1. The van der Waals surface area contributed by atoms with Crippen molar-refractivity contribution in [3.8, 4) is 0 Å². The first-order chi connectivity index (χ1) is 37.6. The first-order valence-corrected chi connectivity index (χ1v) is 30.2. The highest BCUT2D eigenvalue weighted by Gasteiger charge is 2.50. The molecule has 6 unspecified atom stereocenters. The van der Waals surface area contributed by atoms with Crippen molar-refractivity contribution in [2.24, 2.45) is 0 Å². The molecule has 12 heteroatoms. The monoisotopic (exact) mass is 1080 g/mol. The van der Waals surface area contributed by atoms with Gasteiger partial charge in [-0.25, -0.2) is 4.79 Å². The first kappa shape index (κ1) is 70.7. The molecule has 0 aliphatic carbocycles. The summed E-state index contributed by atoms with van der Waals surface area (Å²) in [5, 5.41) is 31.5. The van der Waals surface area contributed by atoms with Crippen LogP contribution in [-0.2, 0) is 42.9 Å². The van der Waals surface area contributed by atoms with Crippen molar-refractivity contribution >= 4 is 23.9 Å². The maximum absolute atomic E-state index is 13.1. The number of ether oxygens (including phenoxy) is 5. The van der Waals surface area contributed by atoms with Crippen LogP contribution in [0.1, 0.15) is 239 Å². The molecule has 3 N–H and O–H groups in total. The van der Waals surface area contributed by atoms with E-state index in [0.717, 1.165) is 96.3 Å². The molecule has 0 aromatic carbocycles. The van der Waals surface area contributed by atoms with E-state index in [4.69, 9.17) is 23.7 Å². The number of aliphatic hydroxyl groups excluding tert-OH is 2. The van der Waals surface area contributed by atoms with E-state index >= 15 is 0 Å². The van der Waals surface area contributed by atoms with Gasteiger partial charge in [0, 0.05) is 19.3 Å². The summed E-state index contributed by atoms with van der Waals surface area (Å²) in [5.74, 6) is -3.24. The van der Waals surface area contributed by atoms with Crippen LogP contribution >= 0.6 is 0 Å². The number of rotatable bonds is 50. The fourth-order valence-corrected chi connectivity index (χ4v) is 8.54. The molecule has 1 aliphatic heterocycles. The van der Waals surface area contributed by atoms with Gasteiger partial charge in [-0.15, -0.1) is 0 Å². The Morgan fingerprint density at radius 3 is 1.32 bits per heavy atom. The van der Waals surface area contributed by atoms with Gasteiger partial charge >= 0.3 is 23.9 Å². The molecular weight excluding hydrogens is 973 g/mol. The first-order valence-electron chi connectivity index (χ1n) is 30.2. The number of aliphatic hydroxyl groups is 2. The van der Waals surface area contributed by atoms with Gasteiger partial charge in [-0.3, -0.25) is 14.4 Å². The number of unbranched alkanes of at least 4 members (excludes halogenated alkanes) is 20. The Labute approximate surface area is 466 Å². The Kier molecular flexibility index (Phi) is 48.0. The van der Waals surface area contributed by atoms with E-state index in [9.17, 15) is 34.5 Å². The highest BCUT2D eigenvalue weighted by atomic mass is 16.7. The topological polar surface area (TPSA) is 175 Å². The summed E-state index contributed by atoms with van der Waals surface area (Å²) in [5.41, 5.74) is 0. The zero-order valence-corrected chi connectivity index (χ0v) is 48.2. The molecule has 1 heterocycles. The van der Waals surface area contributed by atoms with Gasteiger partial charge in [0.1, 0.15) is 18.8 Å². The Morgan fingerprint density at radius 2 is 0.844 bits per heavy atom. The van der Waals surface area contributed by atoms with E-state index in [2.05, 4.69) is 106 Å². The number of hydrogen-bond acceptors (Lipinski definition) is 11. The lowest BCUT2D eigenvalue weighted by molar-refractivity contribution is -0.301.